The predicted octanol–water partition coefficient (Wildman–Crippen LogP) is 6.13. The first-order valence-corrected chi connectivity index (χ1v) is 13.3. The molecule has 0 amide bonds. The normalized spacial score (nSPS) is 12.1. The molecule has 0 aliphatic carbocycles. The number of rotatable bonds is 14. The molecule has 0 saturated carbocycles. The molecule has 11 heteroatoms. The van der Waals surface area contributed by atoms with E-state index in [-0.39, 0.29) is 11.6 Å². The van der Waals surface area contributed by atoms with Crippen LogP contribution < -0.4 is 10.1 Å². The molecule has 40 heavy (non-hydrogen) atoms. The standard InChI is InChI=1S/C29H37F3N6O2/c1-6-15-37(16-7-2)17-14-33-27-13-8-23(19-34-27)20-38-21(3)18-26(36-38)28(39-5)35-22(4)24-9-11-25(12-10-24)40-29(30,31)32/h8-13,18-19H,4,6-7,14-17,20H2,1-3,5H3,(H,33,34). The van der Waals surface area contributed by atoms with Gasteiger partial charge in [0.1, 0.15) is 17.3 Å². The lowest BCUT2D eigenvalue weighted by molar-refractivity contribution is -0.274. The molecule has 1 N–H and O–H groups in total. The van der Waals surface area contributed by atoms with Gasteiger partial charge in [0.2, 0.25) is 5.90 Å². The van der Waals surface area contributed by atoms with E-state index in [2.05, 4.69) is 50.5 Å². The maximum Gasteiger partial charge on any atom is 0.573 e. The monoisotopic (exact) mass is 558 g/mol. The van der Waals surface area contributed by atoms with Crippen molar-refractivity contribution in [2.45, 2.75) is 46.5 Å². The smallest absolute Gasteiger partial charge is 0.479 e. The number of aliphatic imine (C=N–C) groups is 1. The number of aryl methyl sites for hydroxylation is 1. The molecule has 0 atom stereocenters. The first-order chi connectivity index (χ1) is 19.1. The van der Waals surface area contributed by atoms with Gasteiger partial charge in [-0.1, -0.05) is 26.5 Å². The largest absolute Gasteiger partial charge is 0.573 e. The van der Waals surface area contributed by atoms with Crippen LogP contribution >= 0.6 is 0 Å². The van der Waals surface area contributed by atoms with Crippen LogP contribution in [0.5, 0.6) is 5.75 Å². The molecular weight excluding hydrogens is 521 g/mol. The van der Waals surface area contributed by atoms with Gasteiger partial charge in [-0.15, -0.1) is 13.2 Å². The first kappa shape index (κ1) is 30.7. The van der Waals surface area contributed by atoms with Crippen molar-refractivity contribution >= 4 is 17.4 Å². The zero-order valence-corrected chi connectivity index (χ0v) is 23.5. The molecule has 0 bridgehead atoms. The van der Waals surface area contributed by atoms with Crippen molar-refractivity contribution in [3.8, 4) is 5.75 Å². The summed E-state index contributed by atoms with van der Waals surface area (Å²) in [6.45, 7) is 14.8. The summed E-state index contributed by atoms with van der Waals surface area (Å²) in [6, 6.07) is 11.1. The molecule has 0 fully saturated rings. The summed E-state index contributed by atoms with van der Waals surface area (Å²) in [5.74, 6) is 0.749. The van der Waals surface area contributed by atoms with Crippen molar-refractivity contribution in [2.24, 2.45) is 4.99 Å². The lowest BCUT2D eigenvalue weighted by atomic mass is 10.2. The molecule has 0 saturated heterocycles. The van der Waals surface area contributed by atoms with Gasteiger partial charge in [0.15, 0.2) is 0 Å². The highest BCUT2D eigenvalue weighted by Gasteiger charge is 2.31. The molecule has 0 unspecified atom stereocenters. The van der Waals surface area contributed by atoms with E-state index in [0.29, 0.717) is 23.5 Å². The van der Waals surface area contributed by atoms with Crippen LogP contribution in [0, 0.1) is 6.92 Å². The number of ether oxygens (including phenoxy) is 2. The Bertz CT molecular complexity index is 1250. The molecule has 3 aromatic rings. The van der Waals surface area contributed by atoms with E-state index in [9.17, 15) is 13.2 Å². The summed E-state index contributed by atoms with van der Waals surface area (Å²) in [6.07, 6.45) is -0.633. The van der Waals surface area contributed by atoms with E-state index in [1.165, 1.54) is 31.4 Å². The van der Waals surface area contributed by atoms with E-state index in [4.69, 9.17) is 4.74 Å². The molecular formula is C29H37F3N6O2. The second-order valence-corrected chi connectivity index (χ2v) is 9.29. The van der Waals surface area contributed by atoms with Crippen molar-refractivity contribution in [1.29, 1.82) is 0 Å². The Morgan fingerprint density at radius 3 is 2.35 bits per heavy atom. The lowest BCUT2D eigenvalue weighted by Gasteiger charge is -2.21. The van der Waals surface area contributed by atoms with E-state index >= 15 is 0 Å². The third-order valence-electron chi connectivity index (χ3n) is 6.02. The number of hydrogen-bond donors (Lipinski definition) is 1. The van der Waals surface area contributed by atoms with E-state index in [0.717, 1.165) is 56.1 Å². The third kappa shape index (κ3) is 9.41. The Morgan fingerprint density at radius 2 is 1.77 bits per heavy atom. The van der Waals surface area contributed by atoms with Gasteiger partial charge in [-0.25, -0.2) is 9.98 Å². The SMILES string of the molecule is C=C(N=C(OC)c1cc(C)n(Cc2ccc(NCCN(CCC)CCC)nc2)n1)c1ccc(OC(F)(F)F)cc1. The number of nitrogens with one attached hydrogen (secondary N) is 1. The highest BCUT2D eigenvalue weighted by Crippen LogP contribution is 2.25. The van der Waals surface area contributed by atoms with Crippen LogP contribution in [0.4, 0.5) is 19.0 Å². The van der Waals surface area contributed by atoms with Crippen LogP contribution in [-0.4, -0.2) is 65.2 Å². The van der Waals surface area contributed by atoms with Gasteiger partial charge in [0, 0.05) is 25.0 Å². The van der Waals surface area contributed by atoms with Gasteiger partial charge < -0.3 is 19.7 Å². The number of halogens is 3. The van der Waals surface area contributed by atoms with Gasteiger partial charge in [0.05, 0.1) is 19.4 Å². The van der Waals surface area contributed by atoms with Crippen LogP contribution in [0.15, 0.2) is 60.2 Å². The van der Waals surface area contributed by atoms with Crippen molar-refractivity contribution in [3.63, 3.8) is 0 Å². The molecule has 8 nitrogen and oxygen atoms in total. The highest BCUT2D eigenvalue weighted by atomic mass is 19.4. The summed E-state index contributed by atoms with van der Waals surface area (Å²) in [7, 11) is 1.47. The third-order valence-corrected chi connectivity index (χ3v) is 6.02. The summed E-state index contributed by atoms with van der Waals surface area (Å²) in [4.78, 5) is 11.4. The minimum atomic E-state index is -4.75. The Hall–Kier alpha value is -3.86. The molecule has 3 rings (SSSR count). The summed E-state index contributed by atoms with van der Waals surface area (Å²) in [5.41, 5.74) is 3.22. The summed E-state index contributed by atoms with van der Waals surface area (Å²) >= 11 is 0. The van der Waals surface area contributed by atoms with Gasteiger partial charge >= 0.3 is 6.36 Å². The van der Waals surface area contributed by atoms with E-state index < -0.39 is 6.36 Å². The van der Waals surface area contributed by atoms with E-state index in [1.807, 2.05) is 36.0 Å². The van der Waals surface area contributed by atoms with Gasteiger partial charge in [-0.05, 0) is 80.4 Å². The number of methoxy groups -OCH3 is 1. The molecule has 1 aromatic carbocycles. The van der Waals surface area contributed by atoms with Crippen LogP contribution in [0.25, 0.3) is 5.70 Å². The molecule has 0 spiro atoms. The fourth-order valence-electron chi connectivity index (χ4n) is 4.12. The van der Waals surface area contributed by atoms with Crippen LogP contribution in [0.3, 0.4) is 0 Å². The summed E-state index contributed by atoms with van der Waals surface area (Å²) < 4.78 is 48.4. The predicted molar refractivity (Wildman–Crippen MR) is 152 cm³/mol. The highest BCUT2D eigenvalue weighted by molar-refractivity contribution is 5.95. The Kier molecular flexibility index (Phi) is 11.1. The molecule has 2 aromatic heterocycles. The van der Waals surface area contributed by atoms with Crippen molar-refractivity contribution < 1.29 is 22.6 Å². The number of hydrogen-bond acceptors (Lipinski definition) is 7. The zero-order valence-electron chi connectivity index (χ0n) is 23.5. The fourth-order valence-corrected chi connectivity index (χ4v) is 4.12. The second kappa shape index (κ2) is 14.5. The Balaban J connectivity index is 1.62. The van der Waals surface area contributed by atoms with Crippen molar-refractivity contribution in [1.82, 2.24) is 19.7 Å². The topological polar surface area (TPSA) is 76.8 Å². The average Bonchev–Trinajstić information content (AvgIpc) is 3.27. The quantitative estimate of drug-likeness (QED) is 0.190. The number of nitrogens with zero attached hydrogens (tertiary/aromatic N) is 5. The maximum absolute atomic E-state index is 12.4. The minimum Gasteiger partial charge on any atom is -0.479 e. The van der Waals surface area contributed by atoms with Gasteiger partial charge in [0.25, 0.3) is 0 Å². The Labute approximate surface area is 233 Å². The molecule has 0 aliphatic rings. The second-order valence-electron chi connectivity index (χ2n) is 9.29. The van der Waals surface area contributed by atoms with Crippen LogP contribution in [0.2, 0.25) is 0 Å². The molecule has 0 radical (unpaired) electrons. The number of benzene rings is 1. The average molecular weight is 559 g/mol. The number of pyridine rings is 1. The van der Waals surface area contributed by atoms with Gasteiger partial charge in [-0.2, -0.15) is 5.10 Å². The maximum atomic E-state index is 12.4. The number of aromatic nitrogens is 3. The lowest BCUT2D eigenvalue weighted by Crippen LogP contribution is -2.30. The molecule has 216 valence electrons. The van der Waals surface area contributed by atoms with Crippen molar-refractivity contribution in [2.75, 3.05) is 38.6 Å². The number of alkyl halides is 3. The summed E-state index contributed by atoms with van der Waals surface area (Å²) in [5, 5.41) is 8.02. The Morgan fingerprint density at radius 1 is 1.07 bits per heavy atom. The minimum absolute atomic E-state index is 0.236. The molecule has 2 heterocycles. The molecule has 0 aliphatic heterocycles. The van der Waals surface area contributed by atoms with Crippen LogP contribution in [-0.2, 0) is 11.3 Å². The van der Waals surface area contributed by atoms with Gasteiger partial charge in [-0.3, -0.25) is 4.68 Å². The van der Waals surface area contributed by atoms with Crippen LogP contribution in [0.1, 0.15) is 49.2 Å². The first-order valence-electron chi connectivity index (χ1n) is 13.3. The van der Waals surface area contributed by atoms with E-state index in [1.54, 1.807) is 0 Å². The zero-order chi connectivity index (χ0) is 29.1. The number of anilines is 1. The van der Waals surface area contributed by atoms with Crippen molar-refractivity contribution in [3.05, 3.63) is 77.8 Å². The fraction of sp³-hybridized carbons (Fsp3) is 0.414.